The Balaban J connectivity index is 2.22. The first-order valence-corrected chi connectivity index (χ1v) is 8.49. The van der Waals surface area contributed by atoms with Crippen LogP contribution < -0.4 is 10.6 Å². The molecule has 2 heterocycles. The van der Waals surface area contributed by atoms with Crippen LogP contribution in [0.3, 0.4) is 0 Å². The maximum Gasteiger partial charge on any atom is 0.226 e. The zero-order valence-electron chi connectivity index (χ0n) is 12.8. The lowest BCUT2D eigenvalue weighted by atomic mass is 10.3. The Hall–Kier alpha value is -1.40. The zero-order valence-corrected chi connectivity index (χ0v) is 13.6. The number of aliphatic hydroxyl groups excluding tert-OH is 1. The molecule has 21 heavy (non-hydrogen) atoms. The molecule has 3 N–H and O–H groups in total. The van der Waals surface area contributed by atoms with Gasteiger partial charge in [0, 0.05) is 24.6 Å². The molecule has 5 nitrogen and oxygen atoms in total. The number of nitrogens with zero attached hydrogens (tertiary/aromatic N) is 2. The summed E-state index contributed by atoms with van der Waals surface area (Å²) in [6, 6.07) is 2.18. The molecule has 0 amide bonds. The summed E-state index contributed by atoms with van der Waals surface area (Å²) in [5.74, 6) is 1.59. The van der Waals surface area contributed by atoms with Crippen molar-refractivity contribution in [3.8, 4) is 0 Å². The highest BCUT2D eigenvalue weighted by Crippen LogP contribution is 2.30. The minimum Gasteiger partial charge on any atom is -0.396 e. The van der Waals surface area contributed by atoms with Gasteiger partial charge in [-0.2, -0.15) is 4.98 Å². The second-order valence-electron chi connectivity index (χ2n) is 4.97. The van der Waals surface area contributed by atoms with Gasteiger partial charge in [-0.3, -0.25) is 0 Å². The van der Waals surface area contributed by atoms with E-state index in [1.165, 1.54) is 4.88 Å². The number of aromatic nitrogens is 2. The van der Waals surface area contributed by atoms with Crippen LogP contribution >= 0.6 is 11.3 Å². The van der Waals surface area contributed by atoms with Crippen molar-refractivity contribution < 1.29 is 5.11 Å². The molecule has 0 aliphatic rings. The summed E-state index contributed by atoms with van der Waals surface area (Å²) >= 11 is 1.73. The zero-order chi connectivity index (χ0) is 15.1. The lowest BCUT2D eigenvalue weighted by Gasteiger charge is -2.09. The number of hydrogen-bond donors (Lipinski definition) is 3. The van der Waals surface area contributed by atoms with Crippen molar-refractivity contribution in [2.24, 2.45) is 0 Å². The SMILES string of the molecule is CCCNc1nc(NCCCCO)c2cc(CC)sc2n1. The van der Waals surface area contributed by atoms with E-state index in [4.69, 9.17) is 5.11 Å². The van der Waals surface area contributed by atoms with E-state index in [0.717, 1.165) is 54.8 Å². The Morgan fingerprint density at radius 3 is 2.71 bits per heavy atom. The average Bonchev–Trinajstić information content (AvgIpc) is 2.92. The molecule has 116 valence electrons. The van der Waals surface area contributed by atoms with Crippen molar-refractivity contribution in [1.29, 1.82) is 0 Å². The third kappa shape index (κ3) is 4.28. The second-order valence-corrected chi connectivity index (χ2v) is 6.08. The molecule has 0 aliphatic carbocycles. The van der Waals surface area contributed by atoms with Gasteiger partial charge in [0.2, 0.25) is 5.95 Å². The number of fused-ring (bicyclic) bond motifs is 1. The van der Waals surface area contributed by atoms with Gasteiger partial charge in [0.1, 0.15) is 10.6 Å². The molecule has 0 spiro atoms. The van der Waals surface area contributed by atoms with Crippen LogP contribution in [0.4, 0.5) is 11.8 Å². The molecule has 0 saturated heterocycles. The Morgan fingerprint density at radius 2 is 2.00 bits per heavy atom. The highest BCUT2D eigenvalue weighted by Gasteiger charge is 2.10. The molecular formula is C15H24N4OS. The van der Waals surface area contributed by atoms with Crippen LogP contribution in [0.15, 0.2) is 6.07 Å². The van der Waals surface area contributed by atoms with Crippen molar-refractivity contribution in [2.75, 3.05) is 30.3 Å². The molecule has 0 bridgehead atoms. The predicted octanol–water partition coefficient (Wildman–Crippen LogP) is 3.26. The summed E-state index contributed by atoms with van der Waals surface area (Å²) in [5.41, 5.74) is 0. The van der Waals surface area contributed by atoms with Crippen molar-refractivity contribution in [2.45, 2.75) is 39.5 Å². The van der Waals surface area contributed by atoms with Crippen LogP contribution in [0.5, 0.6) is 0 Å². The molecule has 2 aromatic heterocycles. The topological polar surface area (TPSA) is 70.1 Å². The van der Waals surface area contributed by atoms with Crippen molar-refractivity contribution >= 4 is 33.3 Å². The van der Waals surface area contributed by atoms with Gasteiger partial charge in [0.05, 0.1) is 5.39 Å². The third-order valence-electron chi connectivity index (χ3n) is 3.20. The second kappa shape index (κ2) is 8.14. The normalized spacial score (nSPS) is 11.0. The molecule has 2 rings (SSSR count). The third-order valence-corrected chi connectivity index (χ3v) is 4.38. The molecule has 0 radical (unpaired) electrons. The number of aliphatic hydroxyl groups is 1. The first-order chi connectivity index (χ1) is 10.3. The number of anilines is 2. The summed E-state index contributed by atoms with van der Waals surface area (Å²) in [6.45, 7) is 6.21. The number of aryl methyl sites for hydroxylation is 1. The van der Waals surface area contributed by atoms with Crippen molar-refractivity contribution in [3.63, 3.8) is 0 Å². The lowest BCUT2D eigenvalue weighted by Crippen LogP contribution is -2.09. The van der Waals surface area contributed by atoms with Gasteiger partial charge in [0.15, 0.2) is 0 Å². The van der Waals surface area contributed by atoms with Gasteiger partial charge in [-0.05, 0) is 31.7 Å². The maximum atomic E-state index is 8.85. The Kier molecular flexibility index (Phi) is 6.20. The first kappa shape index (κ1) is 16.0. The van der Waals surface area contributed by atoms with Crippen LogP contribution in [-0.4, -0.2) is 34.8 Å². The fourth-order valence-electron chi connectivity index (χ4n) is 2.04. The summed E-state index contributed by atoms with van der Waals surface area (Å²) in [4.78, 5) is 11.6. The van der Waals surface area contributed by atoms with Gasteiger partial charge in [-0.1, -0.05) is 13.8 Å². The van der Waals surface area contributed by atoms with Crippen LogP contribution in [0.1, 0.15) is 38.0 Å². The van der Waals surface area contributed by atoms with E-state index in [9.17, 15) is 0 Å². The molecule has 0 aliphatic heterocycles. The van der Waals surface area contributed by atoms with Crippen LogP contribution in [0.25, 0.3) is 10.2 Å². The van der Waals surface area contributed by atoms with E-state index in [-0.39, 0.29) is 6.61 Å². The van der Waals surface area contributed by atoms with E-state index in [2.05, 4.69) is 40.5 Å². The van der Waals surface area contributed by atoms with Crippen LogP contribution in [0.2, 0.25) is 0 Å². The number of nitrogens with one attached hydrogen (secondary N) is 2. The van der Waals surface area contributed by atoms with E-state index in [1.807, 2.05) is 0 Å². The van der Waals surface area contributed by atoms with Gasteiger partial charge >= 0.3 is 0 Å². The smallest absolute Gasteiger partial charge is 0.226 e. The van der Waals surface area contributed by atoms with E-state index in [1.54, 1.807) is 11.3 Å². The fraction of sp³-hybridized carbons (Fsp3) is 0.600. The number of thiophene rings is 1. The van der Waals surface area contributed by atoms with Gasteiger partial charge in [0.25, 0.3) is 0 Å². The number of unbranched alkanes of at least 4 members (excludes halogenated alkanes) is 1. The van der Waals surface area contributed by atoms with Gasteiger partial charge < -0.3 is 15.7 Å². The van der Waals surface area contributed by atoms with E-state index >= 15 is 0 Å². The molecule has 2 aromatic rings. The Labute approximate surface area is 129 Å². The quantitative estimate of drug-likeness (QED) is 0.620. The first-order valence-electron chi connectivity index (χ1n) is 7.67. The highest BCUT2D eigenvalue weighted by molar-refractivity contribution is 7.18. The summed E-state index contributed by atoms with van der Waals surface area (Å²) in [7, 11) is 0. The summed E-state index contributed by atoms with van der Waals surface area (Å²) < 4.78 is 0. The Bertz CT molecular complexity index is 570. The van der Waals surface area contributed by atoms with Gasteiger partial charge in [-0.25, -0.2) is 4.98 Å². The summed E-state index contributed by atoms with van der Waals surface area (Å²) in [5, 5.41) is 16.6. The predicted molar refractivity (Wildman–Crippen MR) is 90.4 cm³/mol. The molecule has 0 saturated carbocycles. The molecule has 0 atom stereocenters. The minimum atomic E-state index is 0.239. The molecule has 0 aromatic carbocycles. The van der Waals surface area contributed by atoms with E-state index in [0.29, 0.717) is 5.95 Å². The molecule has 6 heteroatoms. The van der Waals surface area contributed by atoms with Crippen LogP contribution in [0, 0.1) is 0 Å². The average molecular weight is 308 g/mol. The molecular weight excluding hydrogens is 284 g/mol. The summed E-state index contributed by atoms with van der Waals surface area (Å²) in [6.07, 6.45) is 3.81. The Morgan fingerprint density at radius 1 is 1.14 bits per heavy atom. The number of rotatable bonds is 9. The molecule has 0 fully saturated rings. The minimum absolute atomic E-state index is 0.239. The molecule has 0 unspecified atom stereocenters. The number of hydrogen-bond acceptors (Lipinski definition) is 6. The standard InChI is InChI=1S/C15H24N4OS/c1-3-7-17-15-18-13(16-8-5-6-9-20)12-10-11(4-2)21-14(12)19-15/h10,20H,3-9H2,1-2H3,(H2,16,17,18,19). The van der Waals surface area contributed by atoms with Crippen molar-refractivity contribution in [3.05, 3.63) is 10.9 Å². The maximum absolute atomic E-state index is 8.85. The van der Waals surface area contributed by atoms with Crippen molar-refractivity contribution in [1.82, 2.24) is 9.97 Å². The van der Waals surface area contributed by atoms with E-state index < -0.39 is 0 Å². The lowest BCUT2D eigenvalue weighted by molar-refractivity contribution is 0.286. The fourth-order valence-corrected chi connectivity index (χ4v) is 3.01. The van der Waals surface area contributed by atoms with Crippen LogP contribution in [-0.2, 0) is 6.42 Å². The van der Waals surface area contributed by atoms with Gasteiger partial charge in [-0.15, -0.1) is 11.3 Å². The largest absolute Gasteiger partial charge is 0.396 e. The monoisotopic (exact) mass is 308 g/mol. The highest BCUT2D eigenvalue weighted by atomic mass is 32.1.